The van der Waals surface area contributed by atoms with Crippen LogP contribution in [0.1, 0.15) is 29.3 Å². The van der Waals surface area contributed by atoms with E-state index in [0.29, 0.717) is 5.56 Å². The van der Waals surface area contributed by atoms with Crippen molar-refractivity contribution in [3.63, 3.8) is 0 Å². The SMILES string of the molecule is CCc1ccc(Oc2c(-c3ccc(OCCc4cccc(C(F)(F)F)c4)cc3O)n[nH]c2C(F)(F)F)cc1. The van der Waals surface area contributed by atoms with E-state index in [1.54, 1.807) is 12.1 Å². The first kappa shape index (κ1) is 26.9. The number of hydrogen-bond acceptors (Lipinski definition) is 4. The average molecular weight is 536 g/mol. The molecule has 0 amide bonds. The van der Waals surface area contributed by atoms with Gasteiger partial charge in [-0.3, -0.25) is 5.10 Å². The molecule has 3 aromatic carbocycles. The molecule has 2 N–H and O–H groups in total. The molecular formula is C27H22F6N2O3. The van der Waals surface area contributed by atoms with Gasteiger partial charge < -0.3 is 14.6 Å². The van der Waals surface area contributed by atoms with E-state index in [2.05, 4.69) is 5.10 Å². The fourth-order valence-corrected chi connectivity index (χ4v) is 3.71. The topological polar surface area (TPSA) is 67.4 Å². The summed E-state index contributed by atoms with van der Waals surface area (Å²) in [5.74, 6) is -0.699. The molecule has 1 heterocycles. The Bertz CT molecular complexity index is 1400. The van der Waals surface area contributed by atoms with Crippen molar-refractivity contribution >= 4 is 0 Å². The Morgan fingerprint density at radius 3 is 2.18 bits per heavy atom. The van der Waals surface area contributed by atoms with Crippen molar-refractivity contribution in [2.75, 3.05) is 6.61 Å². The summed E-state index contributed by atoms with van der Waals surface area (Å²) < 4.78 is 90.7. The van der Waals surface area contributed by atoms with Crippen LogP contribution in [0.25, 0.3) is 11.3 Å². The highest BCUT2D eigenvalue weighted by Crippen LogP contribution is 2.45. The van der Waals surface area contributed by atoms with Crippen LogP contribution in [0, 0.1) is 0 Å². The molecule has 0 spiro atoms. The predicted octanol–water partition coefficient (Wildman–Crippen LogP) is 7.80. The zero-order valence-electron chi connectivity index (χ0n) is 20.0. The molecule has 0 bridgehead atoms. The maximum atomic E-state index is 13.6. The number of ether oxygens (including phenoxy) is 2. The van der Waals surface area contributed by atoms with Gasteiger partial charge in [0.05, 0.1) is 12.2 Å². The molecule has 0 aliphatic carbocycles. The maximum Gasteiger partial charge on any atom is 0.436 e. The fraction of sp³-hybridized carbons (Fsp3) is 0.222. The number of hydrogen-bond donors (Lipinski definition) is 2. The minimum absolute atomic E-state index is 0.00282. The van der Waals surface area contributed by atoms with E-state index in [0.717, 1.165) is 24.1 Å². The molecule has 38 heavy (non-hydrogen) atoms. The van der Waals surface area contributed by atoms with E-state index in [1.807, 2.05) is 12.0 Å². The Labute approximate surface area is 213 Å². The Kier molecular flexibility index (Phi) is 7.56. The lowest BCUT2D eigenvalue weighted by molar-refractivity contribution is -0.142. The molecule has 200 valence electrons. The zero-order chi connectivity index (χ0) is 27.5. The molecule has 0 saturated carbocycles. The summed E-state index contributed by atoms with van der Waals surface area (Å²) in [7, 11) is 0. The van der Waals surface area contributed by atoms with Gasteiger partial charge in [0.1, 0.15) is 22.9 Å². The third-order valence-corrected chi connectivity index (χ3v) is 5.69. The molecule has 0 radical (unpaired) electrons. The summed E-state index contributed by atoms with van der Waals surface area (Å²) in [5, 5.41) is 16.2. The number of nitrogens with zero attached hydrogens (tertiary/aromatic N) is 1. The summed E-state index contributed by atoms with van der Waals surface area (Å²) in [4.78, 5) is 0. The summed E-state index contributed by atoms with van der Waals surface area (Å²) in [5.41, 5.74) is -0.902. The smallest absolute Gasteiger partial charge is 0.436 e. The van der Waals surface area contributed by atoms with E-state index in [9.17, 15) is 31.4 Å². The van der Waals surface area contributed by atoms with Gasteiger partial charge in [0.2, 0.25) is 0 Å². The highest BCUT2D eigenvalue weighted by atomic mass is 19.4. The number of benzene rings is 3. The number of rotatable bonds is 8. The van der Waals surface area contributed by atoms with Gasteiger partial charge in [-0.2, -0.15) is 31.4 Å². The molecule has 5 nitrogen and oxygen atoms in total. The molecular weight excluding hydrogens is 514 g/mol. The van der Waals surface area contributed by atoms with Crippen molar-refractivity contribution < 1.29 is 40.9 Å². The van der Waals surface area contributed by atoms with Crippen molar-refractivity contribution in [2.45, 2.75) is 32.1 Å². The molecule has 4 rings (SSSR count). The Morgan fingerprint density at radius 2 is 1.55 bits per heavy atom. The third kappa shape index (κ3) is 6.21. The van der Waals surface area contributed by atoms with Gasteiger partial charge in [-0.1, -0.05) is 37.3 Å². The molecule has 0 aliphatic rings. The number of phenols is 1. The second kappa shape index (κ2) is 10.7. The first-order valence-electron chi connectivity index (χ1n) is 11.5. The molecule has 0 saturated heterocycles. The van der Waals surface area contributed by atoms with Crippen molar-refractivity contribution in [2.24, 2.45) is 0 Å². The van der Waals surface area contributed by atoms with Crippen LogP contribution in [-0.2, 0) is 25.2 Å². The lowest BCUT2D eigenvalue weighted by Gasteiger charge is -2.13. The van der Waals surface area contributed by atoms with Gasteiger partial charge in [0.25, 0.3) is 0 Å². The van der Waals surface area contributed by atoms with Crippen LogP contribution >= 0.6 is 0 Å². The number of phenolic OH excluding ortho intramolecular Hbond substituents is 1. The van der Waals surface area contributed by atoms with Gasteiger partial charge in [0.15, 0.2) is 11.4 Å². The molecule has 11 heteroatoms. The Morgan fingerprint density at radius 1 is 0.842 bits per heavy atom. The van der Waals surface area contributed by atoms with Crippen LogP contribution in [0.4, 0.5) is 26.3 Å². The molecule has 4 aromatic rings. The van der Waals surface area contributed by atoms with E-state index >= 15 is 0 Å². The average Bonchev–Trinajstić information content (AvgIpc) is 3.28. The number of alkyl halides is 6. The van der Waals surface area contributed by atoms with Crippen LogP contribution in [0.15, 0.2) is 66.7 Å². The highest BCUT2D eigenvalue weighted by Gasteiger charge is 2.39. The van der Waals surface area contributed by atoms with Crippen LogP contribution < -0.4 is 9.47 Å². The Balaban J connectivity index is 1.53. The molecule has 1 aromatic heterocycles. The van der Waals surface area contributed by atoms with Gasteiger partial charge in [-0.05, 0) is 47.9 Å². The number of halogens is 6. The monoisotopic (exact) mass is 536 g/mol. The normalized spacial score (nSPS) is 12.0. The summed E-state index contributed by atoms with van der Waals surface area (Å²) in [6.07, 6.45) is -8.35. The Hall–Kier alpha value is -4.15. The summed E-state index contributed by atoms with van der Waals surface area (Å²) >= 11 is 0. The predicted molar refractivity (Wildman–Crippen MR) is 127 cm³/mol. The number of H-pyrrole nitrogens is 1. The quantitative estimate of drug-likeness (QED) is 0.226. The largest absolute Gasteiger partial charge is 0.507 e. The van der Waals surface area contributed by atoms with Crippen molar-refractivity contribution in [3.05, 3.63) is 89.1 Å². The number of nitrogens with one attached hydrogen (secondary N) is 1. The van der Waals surface area contributed by atoms with Gasteiger partial charge in [0, 0.05) is 18.1 Å². The number of aryl methyl sites for hydroxylation is 1. The van der Waals surface area contributed by atoms with E-state index in [-0.39, 0.29) is 35.8 Å². The minimum atomic E-state index is -4.80. The number of aromatic hydroxyl groups is 1. The molecule has 0 atom stereocenters. The summed E-state index contributed by atoms with van der Waals surface area (Å²) in [6.45, 7) is 1.94. The standard InChI is InChI=1S/C27H22F6N2O3/c1-2-16-6-8-19(9-7-16)38-24-23(34-35-25(24)27(31,32)33)21-11-10-20(15-22(21)36)37-13-12-17-4-3-5-18(14-17)26(28,29)30/h3-11,14-15,36H,2,12-13H2,1H3,(H,34,35). The lowest BCUT2D eigenvalue weighted by atomic mass is 10.1. The molecule has 0 fully saturated rings. The van der Waals surface area contributed by atoms with E-state index in [4.69, 9.17) is 9.47 Å². The van der Waals surface area contributed by atoms with Crippen LogP contribution in [-0.4, -0.2) is 21.9 Å². The van der Waals surface area contributed by atoms with Gasteiger partial charge in [-0.25, -0.2) is 0 Å². The number of aromatic amines is 1. The fourth-order valence-electron chi connectivity index (χ4n) is 3.71. The van der Waals surface area contributed by atoms with Crippen molar-refractivity contribution in [1.82, 2.24) is 10.2 Å². The van der Waals surface area contributed by atoms with Gasteiger partial charge >= 0.3 is 12.4 Å². The van der Waals surface area contributed by atoms with E-state index < -0.39 is 35.1 Å². The van der Waals surface area contributed by atoms with Gasteiger partial charge in [-0.15, -0.1) is 0 Å². The third-order valence-electron chi connectivity index (χ3n) is 5.69. The van der Waals surface area contributed by atoms with Crippen molar-refractivity contribution in [1.29, 1.82) is 0 Å². The van der Waals surface area contributed by atoms with Crippen LogP contribution in [0.2, 0.25) is 0 Å². The highest BCUT2D eigenvalue weighted by molar-refractivity contribution is 5.74. The second-order valence-corrected chi connectivity index (χ2v) is 8.35. The van der Waals surface area contributed by atoms with Crippen LogP contribution in [0.3, 0.4) is 0 Å². The minimum Gasteiger partial charge on any atom is -0.507 e. The zero-order valence-corrected chi connectivity index (χ0v) is 20.0. The lowest BCUT2D eigenvalue weighted by Crippen LogP contribution is -2.07. The summed E-state index contributed by atoms with van der Waals surface area (Å²) in [6, 6.07) is 15.3. The molecule has 0 unspecified atom stereocenters. The second-order valence-electron chi connectivity index (χ2n) is 8.35. The number of aromatic nitrogens is 2. The van der Waals surface area contributed by atoms with Crippen molar-refractivity contribution in [3.8, 4) is 34.3 Å². The first-order valence-corrected chi connectivity index (χ1v) is 11.5. The first-order chi connectivity index (χ1) is 18.0. The van der Waals surface area contributed by atoms with Crippen LogP contribution in [0.5, 0.6) is 23.0 Å². The molecule has 0 aliphatic heterocycles. The maximum absolute atomic E-state index is 13.6. The van der Waals surface area contributed by atoms with E-state index in [1.165, 1.54) is 42.5 Å².